The Labute approximate surface area is 117 Å². The summed E-state index contributed by atoms with van der Waals surface area (Å²) in [5, 5.41) is -0.0275. The van der Waals surface area contributed by atoms with Crippen LogP contribution in [0.5, 0.6) is 0 Å². The summed E-state index contributed by atoms with van der Waals surface area (Å²) < 4.78 is 24.5. The number of carbonyl (C=O) groups is 1. The Kier molecular flexibility index (Phi) is 3.96. The predicted octanol–water partition coefficient (Wildman–Crippen LogP) is 1.90. The summed E-state index contributed by atoms with van der Waals surface area (Å²) >= 11 is 5.73. The van der Waals surface area contributed by atoms with Crippen molar-refractivity contribution in [2.75, 3.05) is 13.1 Å². The Hall–Kier alpha value is -1.33. The third kappa shape index (κ3) is 2.82. The van der Waals surface area contributed by atoms with E-state index in [1.165, 1.54) is 23.1 Å². The van der Waals surface area contributed by atoms with Crippen molar-refractivity contribution in [3.8, 4) is 0 Å². The lowest BCUT2D eigenvalue weighted by molar-refractivity contribution is -0.129. The third-order valence-corrected chi connectivity index (χ3v) is 5.41. The van der Waals surface area contributed by atoms with E-state index in [0.717, 1.165) is 0 Å². The van der Waals surface area contributed by atoms with Gasteiger partial charge in [-0.15, -0.1) is 0 Å². The highest BCUT2D eigenvalue weighted by Gasteiger charge is 2.39. The summed E-state index contributed by atoms with van der Waals surface area (Å²) in [6.07, 6.45) is 3.08. The zero-order valence-corrected chi connectivity index (χ0v) is 12.0. The van der Waals surface area contributed by atoms with Gasteiger partial charge in [-0.1, -0.05) is 17.7 Å². The van der Waals surface area contributed by atoms with Crippen LogP contribution >= 0.6 is 11.6 Å². The smallest absolute Gasteiger partial charge is 0.246 e. The number of nitrogens with zero attached hydrogens (tertiary/aromatic N) is 1. The number of benzene rings is 1. The van der Waals surface area contributed by atoms with Gasteiger partial charge in [0.2, 0.25) is 5.91 Å². The Morgan fingerprint density at radius 2 is 1.89 bits per heavy atom. The molecule has 1 amide bonds. The van der Waals surface area contributed by atoms with Gasteiger partial charge in [-0.05, 0) is 37.3 Å². The molecule has 0 saturated carbocycles. The standard InChI is InChI=1S/C13H14ClNO3S/c1-2-3-13(16)15-8-12(9-15)19(17,18)11-6-4-10(14)5-7-11/h2-7,12H,8-9H2,1H3/b3-2+. The Morgan fingerprint density at radius 3 is 2.42 bits per heavy atom. The summed E-state index contributed by atoms with van der Waals surface area (Å²) in [7, 11) is -3.38. The van der Waals surface area contributed by atoms with Crippen LogP contribution in [0.25, 0.3) is 0 Å². The molecular weight excluding hydrogens is 286 g/mol. The van der Waals surface area contributed by atoms with Gasteiger partial charge in [0.15, 0.2) is 9.84 Å². The van der Waals surface area contributed by atoms with E-state index in [0.29, 0.717) is 5.02 Å². The molecule has 2 rings (SSSR count). The van der Waals surface area contributed by atoms with Gasteiger partial charge in [0.1, 0.15) is 5.25 Å². The molecule has 0 unspecified atom stereocenters. The molecule has 0 bridgehead atoms. The second-order valence-corrected chi connectivity index (χ2v) is 7.03. The lowest BCUT2D eigenvalue weighted by Crippen LogP contribution is -2.56. The lowest BCUT2D eigenvalue weighted by atomic mass is 10.2. The maximum absolute atomic E-state index is 12.3. The molecule has 0 radical (unpaired) electrons. The zero-order valence-electron chi connectivity index (χ0n) is 10.4. The molecule has 102 valence electrons. The summed E-state index contributed by atoms with van der Waals surface area (Å²) in [6.45, 7) is 2.24. The maximum atomic E-state index is 12.3. The van der Waals surface area contributed by atoms with Crippen LogP contribution in [0.3, 0.4) is 0 Å². The topological polar surface area (TPSA) is 54.5 Å². The quantitative estimate of drug-likeness (QED) is 0.801. The minimum absolute atomic E-state index is 0.148. The van der Waals surface area contributed by atoms with Crippen LogP contribution in [0.1, 0.15) is 6.92 Å². The first-order valence-electron chi connectivity index (χ1n) is 5.86. The molecule has 0 aromatic heterocycles. The number of amides is 1. The van der Waals surface area contributed by atoms with Crippen LogP contribution in [0.15, 0.2) is 41.3 Å². The number of sulfone groups is 1. The molecule has 4 nitrogen and oxygen atoms in total. The van der Waals surface area contributed by atoms with Crippen LogP contribution in [-0.2, 0) is 14.6 Å². The number of rotatable bonds is 3. The molecule has 0 aliphatic carbocycles. The highest BCUT2D eigenvalue weighted by molar-refractivity contribution is 7.92. The Balaban J connectivity index is 2.08. The summed E-state index contributed by atoms with van der Waals surface area (Å²) in [5.74, 6) is -0.148. The third-order valence-electron chi connectivity index (χ3n) is 3.05. The van der Waals surface area contributed by atoms with Gasteiger partial charge in [0, 0.05) is 18.1 Å². The first-order valence-corrected chi connectivity index (χ1v) is 7.78. The predicted molar refractivity (Wildman–Crippen MR) is 73.8 cm³/mol. The van der Waals surface area contributed by atoms with E-state index in [1.54, 1.807) is 25.1 Å². The van der Waals surface area contributed by atoms with E-state index in [1.807, 2.05) is 0 Å². The van der Waals surface area contributed by atoms with E-state index < -0.39 is 15.1 Å². The maximum Gasteiger partial charge on any atom is 0.246 e. The van der Waals surface area contributed by atoms with E-state index >= 15 is 0 Å². The summed E-state index contributed by atoms with van der Waals surface area (Å²) in [5.41, 5.74) is 0. The van der Waals surface area contributed by atoms with E-state index in [4.69, 9.17) is 11.6 Å². The molecule has 6 heteroatoms. The number of allylic oxidation sites excluding steroid dienone is 1. The molecule has 0 N–H and O–H groups in total. The molecule has 1 aromatic carbocycles. The van der Waals surface area contributed by atoms with Gasteiger partial charge in [-0.2, -0.15) is 0 Å². The molecular formula is C13H14ClNO3S. The van der Waals surface area contributed by atoms with Crippen molar-refractivity contribution in [3.63, 3.8) is 0 Å². The second kappa shape index (κ2) is 5.35. The molecule has 1 fully saturated rings. The minimum Gasteiger partial charge on any atom is -0.336 e. The number of halogens is 1. The van der Waals surface area contributed by atoms with Crippen LogP contribution < -0.4 is 0 Å². The zero-order chi connectivity index (χ0) is 14.0. The van der Waals surface area contributed by atoms with Crippen molar-refractivity contribution < 1.29 is 13.2 Å². The van der Waals surface area contributed by atoms with Crippen molar-refractivity contribution in [1.82, 2.24) is 4.90 Å². The van der Waals surface area contributed by atoms with Crippen molar-refractivity contribution in [2.24, 2.45) is 0 Å². The van der Waals surface area contributed by atoms with Crippen LogP contribution in [0, 0.1) is 0 Å². The minimum atomic E-state index is -3.38. The molecule has 0 spiro atoms. The molecule has 19 heavy (non-hydrogen) atoms. The summed E-state index contributed by atoms with van der Waals surface area (Å²) in [4.78, 5) is 13.3. The molecule has 1 heterocycles. The van der Waals surface area contributed by atoms with Gasteiger partial charge >= 0.3 is 0 Å². The van der Waals surface area contributed by atoms with Crippen LogP contribution in [0.4, 0.5) is 0 Å². The lowest BCUT2D eigenvalue weighted by Gasteiger charge is -2.38. The SMILES string of the molecule is C/C=C/C(=O)N1CC(S(=O)(=O)c2ccc(Cl)cc2)C1. The molecule has 1 aromatic rings. The fraction of sp³-hybridized carbons (Fsp3) is 0.308. The second-order valence-electron chi connectivity index (χ2n) is 4.36. The normalized spacial score (nSPS) is 16.6. The number of likely N-dealkylation sites (tertiary alicyclic amines) is 1. The Bertz CT molecular complexity index is 601. The number of hydrogen-bond donors (Lipinski definition) is 0. The Morgan fingerprint density at radius 1 is 1.32 bits per heavy atom. The first-order chi connectivity index (χ1) is 8.95. The molecule has 1 aliphatic rings. The van der Waals surface area contributed by atoms with Crippen molar-refractivity contribution in [3.05, 3.63) is 41.4 Å². The average Bonchev–Trinajstić information content (AvgIpc) is 2.27. The molecule has 0 atom stereocenters. The van der Waals surface area contributed by atoms with E-state index in [2.05, 4.69) is 0 Å². The van der Waals surface area contributed by atoms with Gasteiger partial charge < -0.3 is 4.90 Å². The fourth-order valence-electron chi connectivity index (χ4n) is 1.88. The van der Waals surface area contributed by atoms with Gasteiger partial charge in [-0.25, -0.2) is 8.42 Å². The van der Waals surface area contributed by atoms with Crippen molar-refractivity contribution in [1.29, 1.82) is 0 Å². The van der Waals surface area contributed by atoms with Crippen LogP contribution in [0.2, 0.25) is 5.02 Å². The van der Waals surface area contributed by atoms with Crippen molar-refractivity contribution >= 4 is 27.3 Å². The first kappa shape index (κ1) is 14.1. The average molecular weight is 300 g/mol. The molecule has 1 saturated heterocycles. The highest BCUT2D eigenvalue weighted by atomic mass is 35.5. The largest absolute Gasteiger partial charge is 0.336 e. The van der Waals surface area contributed by atoms with Crippen LogP contribution in [-0.4, -0.2) is 37.6 Å². The number of carbonyl (C=O) groups excluding carboxylic acids is 1. The van der Waals surface area contributed by atoms with E-state index in [9.17, 15) is 13.2 Å². The number of hydrogen-bond acceptors (Lipinski definition) is 3. The monoisotopic (exact) mass is 299 g/mol. The van der Waals surface area contributed by atoms with Gasteiger partial charge in [0.05, 0.1) is 4.90 Å². The van der Waals surface area contributed by atoms with Gasteiger partial charge in [0.25, 0.3) is 0 Å². The fourth-order valence-corrected chi connectivity index (χ4v) is 3.66. The van der Waals surface area contributed by atoms with Gasteiger partial charge in [-0.3, -0.25) is 4.79 Å². The van der Waals surface area contributed by atoms with Crippen molar-refractivity contribution in [2.45, 2.75) is 17.1 Å². The summed E-state index contributed by atoms with van der Waals surface area (Å²) in [6, 6.07) is 6.09. The highest BCUT2D eigenvalue weighted by Crippen LogP contribution is 2.24. The molecule has 1 aliphatic heterocycles. The van der Waals surface area contributed by atoms with E-state index in [-0.39, 0.29) is 23.9 Å².